The van der Waals surface area contributed by atoms with Crippen LogP contribution in [-0.2, 0) is 14.3 Å². The Kier molecular flexibility index (Phi) is 2.91. The third-order valence-electron chi connectivity index (χ3n) is 2.69. The standard InChI is InChI=1S/C11H20O3/c1-6-13-9(12)10(2,3)7-8-11(4,5)14-8/h8H,6-7H2,1-5H3. The molecule has 0 N–H and O–H groups in total. The molecule has 0 spiro atoms. The van der Waals surface area contributed by atoms with Crippen LogP contribution in [-0.4, -0.2) is 24.3 Å². The molecule has 14 heavy (non-hydrogen) atoms. The topological polar surface area (TPSA) is 38.8 Å². The van der Waals surface area contributed by atoms with Gasteiger partial charge in [-0.25, -0.2) is 0 Å². The first-order valence-corrected chi connectivity index (χ1v) is 5.14. The second kappa shape index (κ2) is 3.54. The van der Waals surface area contributed by atoms with Gasteiger partial charge in [-0.3, -0.25) is 4.79 Å². The quantitative estimate of drug-likeness (QED) is 0.515. The highest BCUT2D eigenvalue weighted by Gasteiger charge is 2.51. The Morgan fingerprint density at radius 3 is 2.36 bits per heavy atom. The summed E-state index contributed by atoms with van der Waals surface area (Å²) >= 11 is 0. The number of carbonyl (C=O) groups excluding carboxylic acids is 1. The minimum absolute atomic E-state index is 0.0518. The zero-order valence-corrected chi connectivity index (χ0v) is 9.72. The van der Waals surface area contributed by atoms with Crippen molar-refractivity contribution >= 4 is 5.97 Å². The summed E-state index contributed by atoms with van der Waals surface area (Å²) < 4.78 is 10.5. The Balaban J connectivity index is 2.46. The molecule has 1 unspecified atom stereocenters. The van der Waals surface area contributed by atoms with Crippen LogP contribution in [0.4, 0.5) is 0 Å². The molecule has 0 aromatic rings. The molecular weight excluding hydrogens is 180 g/mol. The van der Waals surface area contributed by atoms with Crippen molar-refractivity contribution in [2.24, 2.45) is 5.41 Å². The second-order valence-electron chi connectivity index (χ2n) is 5.02. The lowest BCUT2D eigenvalue weighted by atomic mass is 9.85. The van der Waals surface area contributed by atoms with E-state index in [1.165, 1.54) is 0 Å². The monoisotopic (exact) mass is 200 g/mol. The second-order valence-corrected chi connectivity index (χ2v) is 5.02. The molecule has 1 heterocycles. The lowest BCUT2D eigenvalue weighted by Crippen LogP contribution is -2.29. The molecule has 3 nitrogen and oxygen atoms in total. The summed E-state index contributed by atoms with van der Waals surface area (Å²) in [4.78, 5) is 11.6. The Bertz CT molecular complexity index is 231. The van der Waals surface area contributed by atoms with Crippen LogP contribution in [0.5, 0.6) is 0 Å². The van der Waals surface area contributed by atoms with E-state index in [9.17, 15) is 4.79 Å². The van der Waals surface area contributed by atoms with Crippen LogP contribution in [0.15, 0.2) is 0 Å². The zero-order chi connectivity index (χ0) is 11.0. The number of ether oxygens (including phenoxy) is 2. The van der Waals surface area contributed by atoms with E-state index in [4.69, 9.17) is 9.47 Å². The third kappa shape index (κ3) is 2.47. The molecule has 1 fully saturated rings. The molecule has 82 valence electrons. The van der Waals surface area contributed by atoms with Gasteiger partial charge in [0.15, 0.2) is 0 Å². The van der Waals surface area contributed by atoms with Gasteiger partial charge in [0, 0.05) is 0 Å². The van der Waals surface area contributed by atoms with Crippen LogP contribution in [0, 0.1) is 5.41 Å². The highest BCUT2D eigenvalue weighted by atomic mass is 16.6. The number of hydrogen-bond donors (Lipinski definition) is 0. The van der Waals surface area contributed by atoms with E-state index in [0.717, 1.165) is 6.42 Å². The first kappa shape index (κ1) is 11.5. The van der Waals surface area contributed by atoms with Gasteiger partial charge in [0.25, 0.3) is 0 Å². The fraction of sp³-hybridized carbons (Fsp3) is 0.909. The molecule has 1 rings (SSSR count). The van der Waals surface area contributed by atoms with E-state index in [1.807, 2.05) is 34.6 Å². The van der Waals surface area contributed by atoms with Gasteiger partial charge in [0.1, 0.15) is 0 Å². The third-order valence-corrected chi connectivity index (χ3v) is 2.69. The molecule has 0 bridgehead atoms. The number of carbonyl (C=O) groups is 1. The van der Waals surface area contributed by atoms with Crippen molar-refractivity contribution in [3.05, 3.63) is 0 Å². The van der Waals surface area contributed by atoms with Crippen molar-refractivity contribution in [3.8, 4) is 0 Å². The maximum Gasteiger partial charge on any atom is 0.311 e. The van der Waals surface area contributed by atoms with E-state index < -0.39 is 5.41 Å². The number of esters is 1. The van der Waals surface area contributed by atoms with Gasteiger partial charge in [-0.05, 0) is 41.0 Å². The normalized spacial score (nSPS) is 24.5. The van der Waals surface area contributed by atoms with E-state index in [-0.39, 0.29) is 17.7 Å². The van der Waals surface area contributed by atoms with Gasteiger partial charge in [0.2, 0.25) is 0 Å². The molecule has 1 aliphatic heterocycles. The molecule has 0 saturated carbocycles. The van der Waals surface area contributed by atoms with Crippen molar-refractivity contribution < 1.29 is 14.3 Å². The molecule has 1 saturated heterocycles. The van der Waals surface area contributed by atoms with Crippen LogP contribution in [0.3, 0.4) is 0 Å². The van der Waals surface area contributed by atoms with Crippen LogP contribution >= 0.6 is 0 Å². The Morgan fingerprint density at radius 2 is 2.00 bits per heavy atom. The predicted octanol–water partition coefficient (Wildman–Crippen LogP) is 2.14. The Labute approximate surface area is 85.8 Å². The average molecular weight is 200 g/mol. The van der Waals surface area contributed by atoms with Gasteiger partial charge in [-0.1, -0.05) is 0 Å². The first-order chi connectivity index (χ1) is 6.29. The number of epoxide rings is 1. The molecule has 0 aromatic heterocycles. The molecule has 3 heteroatoms. The zero-order valence-electron chi connectivity index (χ0n) is 9.72. The lowest BCUT2D eigenvalue weighted by Gasteiger charge is -2.21. The van der Waals surface area contributed by atoms with Crippen molar-refractivity contribution in [2.75, 3.05) is 6.61 Å². The van der Waals surface area contributed by atoms with Crippen molar-refractivity contribution in [1.82, 2.24) is 0 Å². The smallest absolute Gasteiger partial charge is 0.311 e. The van der Waals surface area contributed by atoms with Crippen LogP contribution in [0.2, 0.25) is 0 Å². The molecule has 0 amide bonds. The molecule has 1 aliphatic rings. The Hall–Kier alpha value is -0.570. The summed E-state index contributed by atoms with van der Waals surface area (Å²) in [6.45, 7) is 10.2. The Morgan fingerprint density at radius 1 is 1.50 bits per heavy atom. The predicted molar refractivity (Wildman–Crippen MR) is 54.0 cm³/mol. The summed E-state index contributed by atoms with van der Waals surface area (Å²) in [5, 5.41) is 0. The van der Waals surface area contributed by atoms with Crippen LogP contribution in [0.25, 0.3) is 0 Å². The van der Waals surface area contributed by atoms with Crippen LogP contribution < -0.4 is 0 Å². The fourth-order valence-electron chi connectivity index (χ4n) is 1.49. The SMILES string of the molecule is CCOC(=O)C(C)(C)CC1OC1(C)C. The summed E-state index contributed by atoms with van der Waals surface area (Å²) in [5.41, 5.74) is -0.488. The van der Waals surface area contributed by atoms with E-state index in [2.05, 4.69) is 0 Å². The lowest BCUT2D eigenvalue weighted by molar-refractivity contribution is -0.154. The largest absolute Gasteiger partial charge is 0.466 e. The van der Waals surface area contributed by atoms with Gasteiger partial charge >= 0.3 is 5.97 Å². The first-order valence-electron chi connectivity index (χ1n) is 5.14. The number of hydrogen-bond acceptors (Lipinski definition) is 3. The molecule has 0 aromatic carbocycles. The van der Waals surface area contributed by atoms with Gasteiger partial charge in [-0.15, -0.1) is 0 Å². The van der Waals surface area contributed by atoms with Gasteiger partial charge in [0.05, 0.1) is 23.7 Å². The van der Waals surface area contributed by atoms with Crippen LogP contribution in [0.1, 0.15) is 41.0 Å². The van der Waals surface area contributed by atoms with Crippen molar-refractivity contribution in [2.45, 2.75) is 52.7 Å². The van der Waals surface area contributed by atoms with E-state index in [1.54, 1.807) is 0 Å². The van der Waals surface area contributed by atoms with Gasteiger partial charge in [-0.2, -0.15) is 0 Å². The van der Waals surface area contributed by atoms with E-state index in [0.29, 0.717) is 6.61 Å². The maximum atomic E-state index is 11.6. The molecular formula is C11H20O3. The minimum atomic E-state index is -0.436. The van der Waals surface area contributed by atoms with E-state index >= 15 is 0 Å². The molecule has 1 atom stereocenters. The average Bonchev–Trinajstić information content (AvgIpc) is 2.57. The number of rotatable bonds is 4. The summed E-state index contributed by atoms with van der Waals surface area (Å²) in [6.07, 6.45) is 0.931. The molecule has 0 aliphatic carbocycles. The minimum Gasteiger partial charge on any atom is -0.466 e. The summed E-state index contributed by atoms with van der Waals surface area (Å²) in [5.74, 6) is -0.133. The molecule has 0 radical (unpaired) electrons. The summed E-state index contributed by atoms with van der Waals surface area (Å²) in [7, 11) is 0. The summed E-state index contributed by atoms with van der Waals surface area (Å²) in [6, 6.07) is 0. The van der Waals surface area contributed by atoms with Crippen molar-refractivity contribution in [3.63, 3.8) is 0 Å². The van der Waals surface area contributed by atoms with Gasteiger partial charge < -0.3 is 9.47 Å². The maximum absolute atomic E-state index is 11.6. The highest BCUT2D eigenvalue weighted by molar-refractivity contribution is 5.76. The highest BCUT2D eigenvalue weighted by Crippen LogP contribution is 2.43. The van der Waals surface area contributed by atoms with Crippen molar-refractivity contribution in [1.29, 1.82) is 0 Å². The fourth-order valence-corrected chi connectivity index (χ4v) is 1.49.